The van der Waals surface area contributed by atoms with Crippen LogP contribution >= 0.6 is 0 Å². The van der Waals surface area contributed by atoms with E-state index in [1.54, 1.807) is 6.20 Å². The van der Waals surface area contributed by atoms with Crippen LogP contribution in [0.5, 0.6) is 0 Å². The van der Waals surface area contributed by atoms with E-state index in [-0.39, 0.29) is 12.2 Å². The van der Waals surface area contributed by atoms with Crippen molar-refractivity contribution in [1.82, 2.24) is 9.88 Å². The van der Waals surface area contributed by atoms with E-state index in [9.17, 15) is 5.26 Å². The number of nitrogens with zero attached hydrogens (tertiary/aromatic N) is 4. The smallest absolute Gasteiger partial charge is 0.101 e. The van der Waals surface area contributed by atoms with Crippen molar-refractivity contribution in [1.29, 1.82) is 5.26 Å². The highest BCUT2D eigenvalue weighted by Gasteiger charge is 2.28. The average Bonchev–Trinajstić information content (AvgIpc) is 2.67. The van der Waals surface area contributed by atoms with Crippen LogP contribution in [0, 0.1) is 11.3 Å². The molecule has 5 nitrogen and oxygen atoms in total. The molecule has 2 fully saturated rings. The lowest BCUT2D eigenvalue weighted by Crippen LogP contribution is -2.51. The molecule has 0 bridgehead atoms. The van der Waals surface area contributed by atoms with Gasteiger partial charge in [-0.05, 0) is 57.1 Å². The van der Waals surface area contributed by atoms with Crippen molar-refractivity contribution < 1.29 is 4.74 Å². The first-order valence-electron chi connectivity index (χ1n) is 9.65. The number of rotatable bonds is 3. The molecule has 0 spiro atoms. The second kappa shape index (κ2) is 7.61. The maximum absolute atomic E-state index is 9.37. The molecule has 0 radical (unpaired) electrons. The Bertz CT molecular complexity index is 809. The third kappa shape index (κ3) is 3.53. The molecule has 2 saturated heterocycles. The molecule has 0 aliphatic carbocycles. The molecule has 2 aromatic rings. The van der Waals surface area contributed by atoms with Crippen LogP contribution in [0.2, 0.25) is 0 Å². The minimum absolute atomic E-state index is 0.195. The molecule has 0 unspecified atom stereocenters. The first kappa shape index (κ1) is 17.3. The van der Waals surface area contributed by atoms with E-state index in [1.165, 1.54) is 32.4 Å². The molecule has 26 heavy (non-hydrogen) atoms. The Morgan fingerprint density at radius 2 is 2.04 bits per heavy atom. The maximum atomic E-state index is 9.37. The van der Waals surface area contributed by atoms with Gasteiger partial charge in [0.05, 0.1) is 23.3 Å². The average molecular weight is 350 g/mol. The van der Waals surface area contributed by atoms with Gasteiger partial charge in [0.25, 0.3) is 0 Å². The van der Waals surface area contributed by atoms with Gasteiger partial charge in [-0.1, -0.05) is 6.42 Å². The van der Waals surface area contributed by atoms with Crippen LogP contribution in [0.25, 0.3) is 10.9 Å². The number of anilines is 1. The predicted molar refractivity (Wildman–Crippen MR) is 103 cm³/mol. The van der Waals surface area contributed by atoms with Crippen LogP contribution in [-0.2, 0) is 4.74 Å². The van der Waals surface area contributed by atoms with Crippen molar-refractivity contribution >= 4 is 16.6 Å². The monoisotopic (exact) mass is 350 g/mol. The predicted octanol–water partition coefficient (Wildman–Crippen LogP) is 3.19. The summed E-state index contributed by atoms with van der Waals surface area (Å²) in [5.74, 6) is 0. The van der Waals surface area contributed by atoms with E-state index in [0.717, 1.165) is 36.2 Å². The number of aromatic nitrogens is 1. The Balaban J connectivity index is 1.59. The molecule has 136 valence electrons. The molecule has 0 N–H and O–H groups in total. The maximum Gasteiger partial charge on any atom is 0.101 e. The Morgan fingerprint density at radius 1 is 1.19 bits per heavy atom. The third-order valence-electron chi connectivity index (χ3n) is 5.44. The van der Waals surface area contributed by atoms with Gasteiger partial charge >= 0.3 is 0 Å². The zero-order chi connectivity index (χ0) is 17.9. The van der Waals surface area contributed by atoms with Crippen LogP contribution in [0.4, 0.5) is 5.69 Å². The first-order chi connectivity index (χ1) is 12.7. The number of ether oxygens (including phenoxy) is 1. The van der Waals surface area contributed by atoms with Crippen LogP contribution in [0.3, 0.4) is 0 Å². The summed E-state index contributed by atoms with van der Waals surface area (Å²) in [6, 6.07) is 10.2. The van der Waals surface area contributed by atoms with E-state index in [4.69, 9.17) is 4.74 Å². The van der Waals surface area contributed by atoms with Crippen molar-refractivity contribution in [2.75, 3.05) is 37.6 Å². The summed E-state index contributed by atoms with van der Waals surface area (Å²) in [5.41, 5.74) is 2.58. The quantitative estimate of drug-likeness (QED) is 0.851. The Morgan fingerprint density at radius 3 is 2.85 bits per heavy atom. The van der Waals surface area contributed by atoms with Crippen LogP contribution in [-0.4, -0.2) is 54.8 Å². The van der Waals surface area contributed by atoms with Crippen LogP contribution in [0.1, 0.15) is 31.7 Å². The number of nitriles is 1. The molecule has 2 aliphatic heterocycles. The largest absolute Gasteiger partial charge is 0.370 e. The molecule has 2 aliphatic rings. The number of fused-ring (bicyclic) bond motifs is 1. The molecular formula is C21H26N4O. The van der Waals surface area contributed by atoms with Gasteiger partial charge in [-0.3, -0.25) is 4.98 Å². The fourth-order valence-corrected chi connectivity index (χ4v) is 4.30. The van der Waals surface area contributed by atoms with Gasteiger partial charge in [-0.15, -0.1) is 0 Å². The minimum Gasteiger partial charge on any atom is -0.370 e. The van der Waals surface area contributed by atoms with Gasteiger partial charge in [0.15, 0.2) is 0 Å². The number of hydrogen-bond acceptors (Lipinski definition) is 5. The lowest BCUT2D eigenvalue weighted by Gasteiger charge is -2.41. The lowest BCUT2D eigenvalue weighted by molar-refractivity contribution is -0.0342. The van der Waals surface area contributed by atoms with Crippen LogP contribution < -0.4 is 4.90 Å². The third-order valence-corrected chi connectivity index (χ3v) is 5.44. The highest BCUT2D eigenvalue weighted by atomic mass is 16.5. The molecule has 1 aromatic carbocycles. The molecule has 2 atom stereocenters. The highest BCUT2D eigenvalue weighted by Crippen LogP contribution is 2.30. The summed E-state index contributed by atoms with van der Waals surface area (Å²) < 4.78 is 6.25. The molecular weight excluding hydrogens is 324 g/mol. The van der Waals surface area contributed by atoms with Crippen molar-refractivity contribution in [2.24, 2.45) is 0 Å². The second-order valence-corrected chi connectivity index (χ2v) is 7.48. The fourth-order valence-electron chi connectivity index (χ4n) is 4.30. The van der Waals surface area contributed by atoms with Gasteiger partial charge in [0, 0.05) is 36.9 Å². The topological polar surface area (TPSA) is 52.4 Å². The van der Waals surface area contributed by atoms with Gasteiger partial charge in [0.2, 0.25) is 0 Å². The van der Waals surface area contributed by atoms with E-state index in [1.807, 2.05) is 12.1 Å². The van der Waals surface area contributed by atoms with E-state index < -0.39 is 0 Å². The van der Waals surface area contributed by atoms with Gasteiger partial charge < -0.3 is 14.5 Å². The number of pyridine rings is 1. The zero-order valence-corrected chi connectivity index (χ0v) is 15.4. The molecule has 3 heterocycles. The lowest BCUT2D eigenvalue weighted by atomic mass is 10.1. The summed E-state index contributed by atoms with van der Waals surface area (Å²) in [6.07, 6.45) is 6.14. The Labute approximate surface area is 155 Å². The Kier molecular flexibility index (Phi) is 5.05. The number of likely N-dealkylation sites (tertiary alicyclic amines) is 1. The molecule has 1 aromatic heterocycles. The molecule has 4 rings (SSSR count). The minimum atomic E-state index is 0.195. The van der Waals surface area contributed by atoms with Crippen molar-refractivity contribution in [3.63, 3.8) is 0 Å². The van der Waals surface area contributed by atoms with Crippen molar-refractivity contribution in [2.45, 2.75) is 38.4 Å². The van der Waals surface area contributed by atoms with Gasteiger partial charge in [-0.25, -0.2) is 0 Å². The van der Waals surface area contributed by atoms with Crippen LogP contribution in [0.15, 0.2) is 30.5 Å². The standard InChI is InChI=1S/C21H26N4O/c1-16-13-25(15-18(26-16)14-24-10-3-2-4-11-24)20-8-7-17(12-22)21-19(20)6-5-9-23-21/h5-9,16,18H,2-4,10-11,13-15H2,1H3/t16-,18-/m1/s1. The highest BCUT2D eigenvalue weighted by molar-refractivity contribution is 5.95. The van der Waals surface area contributed by atoms with Crippen molar-refractivity contribution in [3.8, 4) is 6.07 Å². The normalized spacial score (nSPS) is 24.5. The number of morpholine rings is 1. The van der Waals surface area contributed by atoms with Crippen molar-refractivity contribution in [3.05, 3.63) is 36.0 Å². The SMILES string of the molecule is C[C@@H]1CN(c2ccc(C#N)c3ncccc23)C[C@@H](CN2CCCCC2)O1. The zero-order valence-electron chi connectivity index (χ0n) is 15.4. The van der Waals surface area contributed by atoms with E-state index >= 15 is 0 Å². The summed E-state index contributed by atoms with van der Waals surface area (Å²) >= 11 is 0. The number of piperidine rings is 1. The van der Waals surface area contributed by atoms with Gasteiger partial charge in [-0.2, -0.15) is 5.26 Å². The summed E-state index contributed by atoms with van der Waals surface area (Å²) in [4.78, 5) is 9.41. The second-order valence-electron chi connectivity index (χ2n) is 7.48. The summed E-state index contributed by atoms with van der Waals surface area (Å²) in [6.45, 7) is 7.30. The fraction of sp³-hybridized carbons (Fsp3) is 0.524. The number of benzene rings is 1. The molecule has 0 amide bonds. The summed E-state index contributed by atoms with van der Waals surface area (Å²) in [5, 5.41) is 10.4. The van der Waals surface area contributed by atoms with Gasteiger partial charge in [0.1, 0.15) is 6.07 Å². The van der Waals surface area contributed by atoms with E-state index in [0.29, 0.717) is 5.56 Å². The van der Waals surface area contributed by atoms with E-state index in [2.05, 4.69) is 39.9 Å². The number of hydrogen-bond donors (Lipinski definition) is 0. The Hall–Kier alpha value is -2.16. The summed E-state index contributed by atoms with van der Waals surface area (Å²) in [7, 11) is 0. The molecule has 0 saturated carbocycles. The first-order valence-corrected chi connectivity index (χ1v) is 9.65. The molecule has 5 heteroatoms.